The first-order valence-corrected chi connectivity index (χ1v) is 5.81. The summed E-state index contributed by atoms with van der Waals surface area (Å²) in [7, 11) is 4.72. The molecule has 1 aromatic carbocycles. The number of carboxylic acids is 1. The zero-order valence-electron chi connectivity index (χ0n) is 11.3. The van der Waals surface area contributed by atoms with E-state index in [1.807, 2.05) is 6.07 Å². The first-order valence-electron chi connectivity index (χ1n) is 5.81. The fourth-order valence-electron chi connectivity index (χ4n) is 1.62. The van der Waals surface area contributed by atoms with E-state index >= 15 is 0 Å². The highest BCUT2D eigenvalue weighted by atomic mass is 16.5. The number of hydrogen-bond acceptors (Lipinski definition) is 3. The molecule has 104 valence electrons. The zero-order valence-corrected chi connectivity index (χ0v) is 11.3. The summed E-state index contributed by atoms with van der Waals surface area (Å²) in [4.78, 5) is 25.4. The summed E-state index contributed by atoms with van der Waals surface area (Å²) in [5.74, 6) is -0.343. The molecule has 0 fully saturated rings. The number of carbonyl (C=O) groups is 2. The first-order chi connectivity index (χ1) is 8.97. The van der Waals surface area contributed by atoms with Crippen molar-refractivity contribution in [3.8, 4) is 5.75 Å². The van der Waals surface area contributed by atoms with Crippen LogP contribution in [0.5, 0.6) is 5.75 Å². The lowest BCUT2D eigenvalue weighted by Gasteiger charge is -2.25. The van der Waals surface area contributed by atoms with Crippen LogP contribution in [0.2, 0.25) is 0 Å². The predicted octanol–water partition coefficient (Wildman–Crippen LogP) is 1.66. The summed E-state index contributed by atoms with van der Waals surface area (Å²) in [6, 6.07) is 6.86. The van der Waals surface area contributed by atoms with Gasteiger partial charge < -0.3 is 14.7 Å². The lowest BCUT2D eigenvalue weighted by atomic mass is 10.2. The van der Waals surface area contributed by atoms with Crippen molar-refractivity contribution in [2.75, 3.05) is 32.6 Å². The number of amides is 2. The molecule has 0 saturated heterocycles. The Kier molecular flexibility index (Phi) is 5.17. The van der Waals surface area contributed by atoms with E-state index < -0.39 is 5.97 Å². The molecule has 19 heavy (non-hydrogen) atoms. The molecule has 1 aromatic rings. The van der Waals surface area contributed by atoms with Crippen molar-refractivity contribution in [1.29, 1.82) is 0 Å². The minimum atomic E-state index is -0.931. The van der Waals surface area contributed by atoms with Gasteiger partial charge in [-0.1, -0.05) is 12.1 Å². The van der Waals surface area contributed by atoms with Crippen LogP contribution in [0.15, 0.2) is 24.3 Å². The standard InChI is InChI=1S/C13H18N2O4/c1-14(9-8-12(16)17)13(18)15(2)10-6-4-5-7-11(10)19-3/h4-7H,8-9H2,1-3H3,(H,16,17). The smallest absolute Gasteiger partial charge is 0.324 e. The number of hydrogen-bond donors (Lipinski definition) is 1. The Morgan fingerprint density at radius 2 is 1.89 bits per heavy atom. The fourth-order valence-corrected chi connectivity index (χ4v) is 1.62. The molecule has 6 heteroatoms. The van der Waals surface area contributed by atoms with Gasteiger partial charge in [-0.25, -0.2) is 4.79 Å². The fraction of sp³-hybridized carbons (Fsp3) is 0.385. The molecule has 0 aromatic heterocycles. The maximum Gasteiger partial charge on any atom is 0.324 e. The minimum absolute atomic E-state index is 0.0813. The summed E-state index contributed by atoms with van der Waals surface area (Å²) in [6.07, 6.45) is -0.0813. The molecule has 0 atom stereocenters. The van der Waals surface area contributed by atoms with Gasteiger partial charge >= 0.3 is 12.0 Å². The minimum Gasteiger partial charge on any atom is -0.495 e. The molecule has 1 N–H and O–H groups in total. The van der Waals surface area contributed by atoms with Crippen LogP contribution in [0.3, 0.4) is 0 Å². The molecule has 0 unspecified atom stereocenters. The Labute approximate surface area is 112 Å². The number of urea groups is 1. The molecular formula is C13H18N2O4. The maximum atomic E-state index is 12.1. The van der Waals surface area contributed by atoms with Crippen LogP contribution in [-0.4, -0.2) is 49.8 Å². The van der Waals surface area contributed by atoms with Gasteiger partial charge in [-0.05, 0) is 12.1 Å². The van der Waals surface area contributed by atoms with E-state index in [1.54, 1.807) is 32.3 Å². The molecule has 0 radical (unpaired) electrons. The van der Waals surface area contributed by atoms with E-state index in [4.69, 9.17) is 9.84 Å². The highest BCUT2D eigenvalue weighted by molar-refractivity contribution is 5.93. The monoisotopic (exact) mass is 266 g/mol. The predicted molar refractivity (Wildman–Crippen MR) is 71.7 cm³/mol. The van der Waals surface area contributed by atoms with Crippen molar-refractivity contribution in [2.24, 2.45) is 0 Å². The van der Waals surface area contributed by atoms with Crippen molar-refractivity contribution in [3.63, 3.8) is 0 Å². The molecule has 0 aliphatic carbocycles. The van der Waals surface area contributed by atoms with Crippen molar-refractivity contribution >= 4 is 17.7 Å². The molecule has 0 spiro atoms. The summed E-state index contributed by atoms with van der Waals surface area (Å²) in [5.41, 5.74) is 0.636. The van der Waals surface area contributed by atoms with E-state index in [0.29, 0.717) is 11.4 Å². The second-order valence-electron chi connectivity index (χ2n) is 4.08. The van der Waals surface area contributed by atoms with Crippen molar-refractivity contribution in [1.82, 2.24) is 4.90 Å². The van der Waals surface area contributed by atoms with Gasteiger partial charge in [0.05, 0.1) is 19.2 Å². The number of carbonyl (C=O) groups excluding carboxylic acids is 1. The van der Waals surface area contributed by atoms with Gasteiger partial charge in [0.15, 0.2) is 0 Å². The van der Waals surface area contributed by atoms with Gasteiger partial charge in [0, 0.05) is 20.6 Å². The average Bonchev–Trinajstić information content (AvgIpc) is 2.42. The second kappa shape index (κ2) is 6.63. The molecule has 0 bridgehead atoms. The number of anilines is 1. The van der Waals surface area contributed by atoms with Crippen molar-refractivity contribution < 1.29 is 19.4 Å². The lowest BCUT2D eigenvalue weighted by molar-refractivity contribution is -0.137. The van der Waals surface area contributed by atoms with Crippen LogP contribution in [0, 0.1) is 0 Å². The number of benzene rings is 1. The second-order valence-corrected chi connectivity index (χ2v) is 4.08. The summed E-state index contributed by atoms with van der Waals surface area (Å²) in [5, 5.41) is 8.61. The number of nitrogens with zero attached hydrogens (tertiary/aromatic N) is 2. The molecule has 0 aliphatic rings. The number of carboxylic acid groups (broad SMARTS) is 1. The largest absolute Gasteiger partial charge is 0.495 e. The number of methoxy groups -OCH3 is 1. The van der Waals surface area contributed by atoms with Gasteiger partial charge in [-0.15, -0.1) is 0 Å². The van der Waals surface area contributed by atoms with Gasteiger partial charge in [-0.3, -0.25) is 9.69 Å². The van der Waals surface area contributed by atoms with Gasteiger partial charge in [-0.2, -0.15) is 0 Å². The third-order valence-corrected chi connectivity index (χ3v) is 2.72. The summed E-state index contributed by atoms with van der Waals surface area (Å²) >= 11 is 0. The van der Waals surface area contributed by atoms with Crippen LogP contribution in [0.1, 0.15) is 6.42 Å². The van der Waals surface area contributed by atoms with E-state index in [-0.39, 0.29) is 19.0 Å². The summed E-state index contributed by atoms with van der Waals surface area (Å²) in [6.45, 7) is 0.160. The van der Waals surface area contributed by atoms with Crippen molar-refractivity contribution in [3.05, 3.63) is 24.3 Å². The summed E-state index contributed by atoms with van der Waals surface area (Å²) < 4.78 is 5.19. The molecule has 0 aliphatic heterocycles. The quantitative estimate of drug-likeness (QED) is 0.879. The number of para-hydroxylation sites is 2. The first kappa shape index (κ1) is 14.8. The molecule has 0 saturated carbocycles. The Morgan fingerprint density at radius 3 is 2.47 bits per heavy atom. The molecule has 2 amide bonds. The van der Waals surface area contributed by atoms with Gasteiger partial charge in [0.2, 0.25) is 0 Å². The lowest BCUT2D eigenvalue weighted by Crippen LogP contribution is -2.39. The topological polar surface area (TPSA) is 70.1 Å². The number of ether oxygens (including phenoxy) is 1. The van der Waals surface area contributed by atoms with Gasteiger partial charge in [0.25, 0.3) is 0 Å². The Morgan fingerprint density at radius 1 is 1.26 bits per heavy atom. The third kappa shape index (κ3) is 3.87. The van der Waals surface area contributed by atoms with Crippen LogP contribution in [0.4, 0.5) is 10.5 Å². The Hall–Kier alpha value is -2.24. The normalized spacial score (nSPS) is 9.84. The number of aliphatic carboxylic acids is 1. The maximum absolute atomic E-state index is 12.1. The van der Waals surface area contributed by atoms with Crippen molar-refractivity contribution in [2.45, 2.75) is 6.42 Å². The number of rotatable bonds is 5. The van der Waals surface area contributed by atoms with E-state index in [2.05, 4.69) is 0 Å². The molecule has 0 heterocycles. The third-order valence-electron chi connectivity index (χ3n) is 2.72. The zero-order chi connectivity index (χ0) is 14.4. The van der Waals surface area contributed by atoms with E-state index in [0.717, 1.165) is 0 Å². The van der Waals surface area contributed by atoms with Crippen LogP contribution in [0.25, 0.3) is 0 Å². The Balaban J connectivity index is 2.78. The van der Waals surface area contributed by atoms with Gasteiger partial charge in [0.1, 0.15) is 5.75 Å². The van der Waals surface area contributed by atoms with E-state index in [9.17, 15) is 9.59 Å². The Bertz CT molecular complexity index is 462. The highest BCUT2D eigenvalue weighted by Gasteiger charge is 2.18. The molecular weight excluding hydrogens is 248 g/mol. The average molecular weight is 266 g/mol. The van der Waals surface area contributed by atoms with Crippen LogP contribution in [-0.2, 0) is 4.79 Å². The van der Waals surface area contributed by atoms with E-state index in [1.165, 1.54) is 16.9 Å². The highest BCUT2D eigenvalue weighted by Crippen LogP contribution is 2.27. The molecule has 1 rings (SSSR count). The SMILES string of the molecule is COc1ccccc1N(C)C(=O)N(C)CCC(=O)O. The van der Waals surface area contributed by atoms with Crippen LogP contribution >= 0.6 is 0 Å². The van der Waals surface area contributed by atoms with Crippen LogP contribution < -0.4 is 9.64 Å². The molecule has 6 nitrogen and oxygen atoms in total.